The zero-order chi connectivity index (χ0) is 28.6. The Morgan fingerprint density at radius 1 is 0.442 bits per heavy atom. The second-order valence-corrected chi connectivity index (χ2v) is 13.6. The fourth-order valence-corrected chi connectivity index (χ4v) is 8.69. The molecule has 11 rings (SSSR count). The molecule has 0 radical (unpaired) electrons. The van der Waals surface area contributed by atoms with Crippen LogP contribution in [0.2, 0.25) is 0 Å². The molecule has 0 bridgehead atoms. The van der Waals surface area contributed by atoms with Crippen LogP contribution in [0.1, 0.15) is 49.9 Å². The fourth-order valence-electron chi connectivity index (χ4n) is 8.69. The third-order valence-electron chi connectivity index (χ3n) is 10.8. The van der Waals surface area contributed by atoms with Crippen LogP contribution in [0.25, 0.3) is 72.4 Å². The van der Waals surface area contributed by atoms with Crippen molar-refractivity contribution in [2.75, 3.05) is 0 Å². The SMILES string of the molecule is CC1(C)c2ccccc2-c2cc3c(cc21)nc1n3c2cccc3c2n1c1nc2cc4c(cc2n31)C(C)(C)c1ccccc1-4. The highest BCUT2D eigenvalue weighted by molar-refractivity contribution is 6.05. The van der Waals surface area contributed by atoms with Gasteiger partial charge in [0.2, 0.25) is 11.6 Å². The van der Waals surface area contributed by atoms with Crippen LogP contribution in [0.4, 0.5) is 0 Å². The Morgan fingerprint density at radius 2 is 0.953 bits per heavy atom. The molecule has 0 unspecified atom stereocenters. The van der Waals surface area contributed by atoms with Gasteiger partial charge in [0.25, 0.3) is 0 Å². The molecular formula is C38H27N5. The predicted molar refractivity (Wildman–Crippen MR) is 174 cm³/mol. The second-order valence-electron chi connectivity index (χ2n) is 13.6. The highest BCUT2D eigenvalue weighted by Crippen LogP contribution is 2.51. The van der Waals surface area contributed by atoms with Crippen molar-refractivity contribution in [1.82, 2.24) is 23.2 Å². The summed E-state index contributed by atoms with van der Waals surface area (Å²) in [5.41, 5.74) is 18.4. The molecule has 204 valence electrons. The van der Waals surface area contributed by atoms with Gasteiger partial charge in [-0.1, -0.05) is 82.3 Å². The van der Waals surface area contributed by atoms with Crippen LogP contribution in [0, 0.1) is 0 Å². The van der Waals surface area contributed by atoms with Crippen molar-refractivity contribution >= 4 is 50.2 Å². The van der Waals surface area contributed by atoms with Gasteiger partial charge in [0.15, 0.2) is 0 Å². The number of nitrogens with zero attached hydrogens (tertiary/aromatic N) is 5. The van der Waals surface area contributed by atoms with E-state index in [4.69, 9.17) is 9.97 Å². The normalized spacial score (nSPS) is 16.3. The summed E-state index contributed by atoms with van der Waals surface area (Å²) in [5.74, 6) is 1.83. The van der Waals surface area contributed by atoms with E-state index in [2.05, 4.69) is 132 Å². The summed E-state index contributed by atoms with van der Waals surface area (Å²) in [4.78, 5) is 10.6. The molecule has 5 nitrogen and oxygen atoms in total. The lowest BCUT2D eigenvalue weighted by Crippen LogP contribution is -2.14. The molecule has 5 heteroatoms. The van der Waals surface area contributed by atoms with Gasteiger partial charge in [0, 0.05) is 10.8 Å². The maximum atomic E-state index is 5.32. The maximum absolute atomic E-state index is 5.32. The molecule has 0 spiro atoms. The second kappa shape index (κ2) is 6.73. The number of aromatic nitrogens is 5. The van der Waals surface area contributed by atoms with Crippen molar-refractivity contribution in [3.05, 3.63) is 113 Å². The molecule has 9 aromatic rings. The van der Waals surface area contributed by atoms with Gasteiger partial charge in [-0.05, 0) is 80.9 Å². The minimum absolute atomic E-state index is 0.0618. The summed E-state index contributed by atoms with van der Waals surface area (Å²) < 4.78 is 6.96. The number of hydrogen-bond donors (Lipinski definition) is 0. The lowest BCUT2D eigenvalue weighted by Gasteiger charge is -2.21. The summed E-state index contributed by atoms with van der Waals surface area (Å²) in [6.07, 6.45) is 0. The first-order valence-corrected chi connectivity index (χ1v) is 15.1. The molecule has 2 aliphatic rings. The number of hydrogen-bond acceptors (Lipinski definition) is 2. The van der Waals surface area contributed by atoms with Crippen molar-refractivity contribution in [3.63, 3.8) is 0 Å². The first-order chi connectivity index (χ1) is 20.8. The minimum atomic E-state index is -0.0638. The smallest absolute Gasteiger partial charge is 0.223 e. The predicted octanol–water partition coefficient (Wildman–Crippen LogP) is 8.74. The van der Waals surface area contributed by atoms with Crippen molar-refractivity contribution < 1.29 is 0 Å². The molecule has 0 saturated heterocycles. The van der Waals surface area contributed by atoms with E-state index in [9.17, 15) is 0 Å². The van der Waals surface area contributed by atoms with E-state index in [0.29, 0.717) is 0 Å². The topological polar surface area (TPSA) is 39.0 Å². The number of rotatable bonds is 0. The monoisotopic (exact) mass is 553 g/mol. The average molecular weight is 554 g/mol. The largest absolute Gasteiger partial charge is 0.276 e. The first kappa shape index (κ1) is 22.4. The van der Waals surface area contributed by atoms with Crippen LogP contribution < -0.4 is 0 Å². The van der Waals surface area contributed by atoms with Gasteiger partial charge >= 0.3 is 0 Å². The third kappa shape index (κ3) is 2.32. The van der Waals surface area contributed by atoms with Gasteiger partial charge in [-0.25, -0.2) is 14.4 Å². The molecular weight excluding hydrogens is 526 g/mol. The van der Waals surface area contributed by atoms with E-state index >= 15 is 0 Å². The first-order valence-electron chi connectivity index (χ1n) is 15.1. The Kier molecular flexibility index (Phi) is 3.51. The van der Waals surface area contributed by atoms with E-state index in [1.807, 2.05) is 0 Å². The Morgan fingerprint density at radius 3 is 1.58 bits per heavy atom. The van der Waals surface area contributed by atoms with Crippen LogP contribution in [0.3, 0.4) is 0 Å². The summed E-state index contributed by atoms with van der Waals surface area (Å²) in [7, 11) is 0. The molecule has 0 fully saturated rings. The lowest BCUT2D eigenvalue weighted by atomic mass is 9.82. The van der Waals surface area contributed by atoms with Crippen molar-refractivity contribution in [3.8, 4) is 22.3 Å². The van der Waals surface area contributed by atoms with E-state index in [1.165, 1.54) is 50.0 Å². The van der Waals surface area contributed by atoms with Gasteiger partial charge < -0.3 is 0 Å². The van der Waals surface area contributed by atoms with Crippen LogP contribution in [-0.4, -0.2) is 23.2 Å². The number of fused-ring (bicyclic) bond motifs is 16. The molecule has 4 heterocycles. The van der Waals surface area contributed by atoms with E-state index in [-0.39, 0.29) is 10.8 Å². The molecule has 0 amide bonds. The van der Waals surface area contributed by atoms with Gasteiger partial charge in [-0.2, -0.15) is 0 Å². The van der Waals surface area contributed by atoms with E-state index in [1.54, 1.807) is 0 Å². The van der Waals surface area contributed by atoms with Gasteiger partial charge in [-0.3, -0.25) is 8.80 Å². The summed E-state index contributed by atoms with van der Waals surface area (Å²) in [5, 5.41) is 0. The van der Waals surface area contributed by atoms with Gasteiger partial charge in [-0.15, -0.1) is 0 Å². The minimum Gasteiger partial charge on any atom is -0.276 e. The van der Waals surface area contributed by atoms with Crippen LogP contribution in [0.15, 0.2) is 91.0 Å². The molecule has 0 N–H and O–H groups in total. The molecule has 4 aromatic heterocycles. The number of benzene rings is 5. The van der Waals surface area contributed by atoms with Gasteiger partial charge in [0.1, 0.15) is 5.52 Å². The molecule has 2 aliphatic carbocycles. The maximum Gasteiger partial charge on any atom is 0.223 e. The van der Waals surface area contributed by atoms with Crippen molar-refractivity contribution in [2.24, 2.45) is 0 Å². The number of imidazole rings is 4. The molecule has 43 heavy (non-hydrogen) atoms. The molecule has 0 saturated carbocycles. The Labute approximate surface area is 247 Å². The quantitative estimate of drug-likeness (QED) is 0.188. The molecule has 0 aliphatic heterocycles. The zero-order valence-corrected chi connectivity index (χ0v) is 24.4. The van der Waals surface area contributed by atoms with Gasteiger partial charge in [0.05, 0.1) is 33.1 Å². The molecule has 0 atom stereocenters. The van der Waals surface area contributed by atoms with E-state index < -0.39 is 0 Å². The fraction of sp³-hybridized carbons (Fsp3) is 0.158. The molecule has 5 aromatic carbocycles. The Hall–Kier alpha value is -5.16. The standard InChI is InChI=1S/C38H27N5/c1-37(2)25-13-8-6-11-21(25)23-17-32-29(18-26(23)37)40-36-41(32)30-14-9-15-31-34(30)43(36)35-39-28-16-22-20-10-5-7-12-24(20)38(3,4)27(22)19-33(28)42(31)35/h5-19H,1-4H3. The van der Waals surface area contributed by atoms with E-state index in [0.717, 1.165) is 44.7 Å². The third-order valence-corrected chi connectivity index (χ3v) is 10.8. The Balaban J connectivity index is 1.27. The Bertz CT molecular complexity index is 2720. The van der Waals surface area contributed by atoms with Crippen molar-refractivity contribution in [2.45, 2.75) is 38.5 Å². The summed E-state index contributed by atoms with van der Waals surface area (Å²) in [6, 6.07) is 33.6. The highest BCUT2D eigenvalue weighted by Gasteiger charge is 2.38. The van der Waals surface area contributed by atoms with Crippen molar-refractivity contribution in [1.29, 1.82) is 0 Å². The van der Waals surface area contributed by atoms with Crippen LogP contribution >= 0.6 is 0 Å². The lowest BCUT2D eigenvalue weighted by molar-refractivity contribution is 0.661. The van der Waals surface area contributed by atoms with Crippen LogP contribution in [0.5, 0.6) is 0 Å². The summed E-state index contributed by atoms with van der Waals surface area (Å²) >= 11 is 0. The average Bonchev–Trinajstić information content (AvgIpc) is 3.80. The number of para-hydroxylation sites is 1. The zero-order valence-electron chi connectivity index (χ0n) is 24.4. The highest BCUT2D eigenvalue weighted by atomic mass is 15.3. The van der Waals surface area contributed by atoms with Crippen LogP contribution in [-0.2, 0) is 10.8 Å². The summed E-state index contributed by atoms with van der Waals surface area (Å²) in [6.45, 7) is 9.33.